The first-order valence-electron chi connectivity index (χ1n) is 8.51. The van der Waals surface area contributed by atoms with Crippen LogP contribution in [0.15, 0.2) is 30.3 Å². The van der Waals surface area contributed by atoms with E-state index in [1.165, 1.54) is 5.56 Å². The van der Waals surface area contributed by atoms with Gasteiger partial charge in [-0.2, -0.15) is 0 Å². The van der Waals surface area contributed by atoms with Crippen molar-refractivity contribution < 1.29 is 14.3 Å². The second-order valence-corrected chi connectivity index (χ2v) is 6.99. The van der Waals surface area contributed by atoms with E-state index in [9.17, 15) is 9.59 Å². The van der Waals surface area contributed by atoms with Crippen molar-refractivity contribution in [3.8, 4) is 0 Å². The number of amides is 2. The number of carbonyl (C=O) groups is 2. The predicted molar refractivity (Wildman–Crippen MR) is 90.5 cm³/mol. The maximum absolute atomic E-state index is 12.3. The Morgan fingerprint density at radius 3 is 2.58 bits per heavy atom. The quantitative estimate of drug-likeness (QED) is 0.888. The van der Waals surface area contributed by atoms with Crippen LogP contribution in [0.2, 0.25) is 0 Å². The number of hydrogen-bond donors (Lipinski definition) is 1. The Labute approximate surface area is 142 Å². The Morgan fingerprint density at radius 2 is 1.96 bits per heavy atom. The summed E-state index contributed by atoms with van der Waals surface area (Å²) in [5.74, 6) is -0.0449. The Balaban J connectivity index is 1.57. The van der Waals surface area contributed by atoms with Gasteiger partial charge in [-0.15, -0.1) is 0 Å². The molecule has 0 unspecified atom stereocenters. The van der Waals surface area contributed by atoms with Gasteiger partial charge in [-0.25, -0.2) is 4.79 Å². The Kier molecular flexibility index (Phi) is 4.76. The van der Waals surface area contributed by atoms with Crippen molar-refractivity contribution in [1.29, 1.82) is 0 Å². The maximum atomic E-state index is 12.3. The summed E-state index contributed by atoms with van der Waals surface area (Å²) in [6.07, 6.45) is 1.28. The minimum Gasteiger partial charge on any atom is -0.441 e. The van der Waals surface area contributed by atoms with Crippen LogP contribution in [0, 0.1) is 0 Å². The van der Waals surface area contributed by atoms with Crippen LogP contribution in [0.1, 0.15) is 31.2 Å². The molecule has 1 aromatic rings. The van der Waals surface area contributed by atoms with Gasteiger partial charge in [-0.3, -0.25) is 9.69 Å². The molecule has 6 heteroatoms. The van der Waals surface area contributed by atoms with Gasteiger partial charge in [0, 0.05) is 32.5 Å². The lowest BCUT2D eigenvalue weighted by Gasteiger charge is -2.36. The van der Waals surface area contributed by atoms with E-state index in [1.807, 2.05) is 28.0 Å². The number of hydrogen-bond acceptors (Lipinski definition) is 4. The van der Waals surface area contributed by atoms with Gasteiger partial charge in [0.05, 0.1) is 13.1 Å². The smallest absolute Gasteiger partial charge is 0.410 e. The molecule has 2 fully saturated rings. The highest BCUT2D eigenvalue weighted by Crippen LogP contribution is 2.34. The molecule has 0 aromatic heterocycles. The van der Waals surface area contributed by atoms with Crippen LogP contribution < -0.4 is 5.73 Å². The zero-order chi connectivity index (χ0) is 17.2. The van der Waals surface area contributed by atoms with E-state index < -0.39 is 5.60 Å². The van der Waals surface area contributed by atoms with Crippen LogP contribution in [-0.4, -0.2) is 60.1 Å². The van der Waals surface area contributed by atoms with Crippen LogP contribution in [0.5, 0.6) is 0 Å². The van der Waals surface area contributed by atoms with Crippen molar-refractivity contribution in [3.05, 3.63) is 35.9 Å². The summed E-state index contributed by atoms with van der Waals surface area (Å²) in [6, 6.07) is 10.2. The molecule has 0 bridgehead atoms. The van der Waals surface area contributed by atoms with Crippen molar-refractivity contribution in [2.24, 2.45) is 5.73 Å². The van der Waals surface area contributed by atoms with Crippen LogP contribution >= 0.6 is 0 Å². The van der Waals surface area contributed by atoms with E-state index in [4.69, 9.17) is 10.5 Å². The number of rotatable bonds is 5. The number of piperidine rings is 1. The molecule has 0 saturated carbocycles. The maximum Gasteiger partial charge on any atom is 0.410 e. The highest BCUT2D eigenvalue weighted by molar-refractivity contribution is 5.76. The normalized spacial score (nSPS) is 21.7. The Bertz CT molecular complexity index is 597. The van der Waals surface area contributed by atoms with Gasteiger partial charge in [0.1, 0.15) is 5.60 Å². The second kappa shape index (κ2) is 6.81. The van der Waals surface area contributed by atoms with Gasteiger partial charge in [0.25, 0.3) is 0 Å². The molecule has 24 heavy (non-hydrogen) atoms. The zero-order valence-corrected chi connectivity index (χ0v) is 14.1. The van der Waals surface area contributed by atoms with E-state index in [1.54, 1.807) is 0 Å². The molecule has 6 nitrogen and oxygen atoms in total. The molecule has 2 heterocycles. The molecule has 2 saturated heterocycles. The number of nitrogens with two attached hydrogens (primary N) is 1. The van der Waals surface area contributed by atoms with E-state index in [0.29, 0.717) is 13.1 Å². The number of nitrogens with zero attached hydrogens (tertiary/aromatic N) is 2. The van der Waals surface area contributed by atoms with Crippen LogP contribution in [0.25, 0.3) is 0 Å². The van der Waals surface area contributed by atoms with Crippen LogP contribution in [-0.2, 0) is 9.53 Å². The first-order chi connectivity index (χ1) is 11.5. The third-order valence-corrected chi connectivity index (χ3v) is 5.05. The molecule has 2 aliphatic rings. The molecular weight excluding hydrogens is 306 g/mol. The first kappa shape index (κ1) is 16.8. The lowest BCUT2D eigenvalue weighted by Crippen LogP contribution is -2.48. The van der Waals surface area contributed by atoms with Gasteiger partial charge in [-0.05, 0) is 11.5 Å². The monoisotopic (exact) mass is 331 g/mol. The molecule has 0 aliphatic carbocycles. The third-order valence-electron chi connectivity index (χ3n) is 5.05. The molecule has 2 amide bonds. The minimum absolute atomic E-state index is 0.221. The van der Waals surface area contributed by atoms with E-state index in [-0.39, 0.29) is 24.5 Å². The fraction of sp³-hybridized carbons (Fsp3) is 0.556. The summed E-state index contributed by atoms with van der Waals surface area (Å²) in [7, 11) is 0. The van der Waals surface area contributed by atoms with E-state index >= 15 is 0 Å². The Morgan fingerprint density at radius 1 is 1.29 bits per heavy atom. The fourth-order valence-corrected chi connectivity index (χ4v) is 3.65. The number of ether oxygens (including phenoxy) is 1. The summed E-state index contributed by atoms with van der Waals surface area (Å²) < 4.78 is 5.74. The summed E-state index contributed by atoms with van der Waals surface area (Å²) in [5.41, 5.74) is 6.07. The summed E-state index contributed by atoms with van der Waals surface area (Å²) in [4.78, 5) is 27.2. The second-order valence-electron chi connectivity index (χ2n) is 6.99. The zero-order valence-electron chi connectivity index (χ0n) is 14.1. The summed E-state index contributed by atoms with van der Waals surface area (Å²) >= 11 is 0. The fourth-order valence-electron chi connectivity index (χ4n) is 3.65. The van der Waals surface area contributed by atoms with E-state index in [0.717, 1.165) is 25.9 Å². The molecule has 2 N–H and O–H groups in total. The van der Waals surface area contributed by atoms with Crippen molar-refractivity contribution in [2.75, 3.05) is 32.7 Å². The SMILES string of the molecule is C[C@@H](CN1CC2(CCN(CC(N)=O)CC2)OC1=O)c1ccccc1. The van der Waals surface area contributed by atoms with E-state index in [2.05, 4.69) is 19.1 Å². The number of primary amides is 1. The molecule has 1 spiro atoms. The highest BCUT2D eigenvalue weighted by atomic mass is 16.6. The highest BCUT2D eigenvalue weighted by Gasteiger charge is 2.47. The summed E-state index contributed by atoms with van der Waals surface area (Å²) in [5, 5.41) is 0. The molecule has 1 atom stereocenters. The van der Waals surface area contributed by atoms with Gasteiger partial charge < -0.3 is 15.4 Å². The number of carbonyl (C=O) groups excluding carboxylic acids is 2. The molecule has 0 radical (unpaired) electrons. The van der Waals surface area contributed by atoms with Crippen molar-refractivity contribution in [3.63, 3.8) is 0 Å². The average Bonchev–Trinajstić information content (AvgIpc) is 2.86. The number of likely N-dealkylation sites (tertiary alicyclic amines) is 1. The van der Waals surface area contributed by atoms with Crippen molar-refractivity contribution in [2.45, 2.75) is 31.3 Å². The Hall–Kier alpha value is -2.08. The van der Waals surface area contributed by atoms with Crippen molar-refractivity contribution in [1.82, 2.24) is 9.80 Å². The largest absolute Gasteiger partial charge is 0.441 e. The average molecular weight is 331 g/mol. The minimum atomic E-state index is -0.401. The number of benzene rings is 1. The summed E-state index contributed by atoms with van der Waals surface area (Å²) in [6.45, 7) is 5.17. The molecule has 2 aliphatic heterocycles. The van der Waals surface area contributed by atoms with Crippen LogP contribution in [0.4, 0.5) is 4.79 Å². The van der Waals surface area contributed by atoms with Gasteiger partial charge in [0.15, 0.2) is 0 Å². The predicted octanol–water partition coefficient (Wildman–Crippen LogP) is 1.56. The lowest BCUT2D eigenvalue weighted by atomic mass is 9.91. The van der Waals surface area contributed by atoms with Crippen LogP contribution in [0.3, 0.4) is 0 Å². The third kappa shape index (κ3) is 3.70. The van der Waals surface area contributed by atoms with Crippen molar-refractivity contribution >= 4 is 12.0 Å². The van der Waals surface area contributed by atoms with Gasteiger partial charge in [0.2, 0.25) is 5.91 Å². The lowest BCUT2D eigenvalue weighted by molar-refractivity contribution is -0.120. The standard InChI is InChI=1S/C18H25N3O3/c1-14(15-5-3-2-4-6-15)11-21-13-18(24-17(21)23)7-9-20(10-8-18)12-16(19)22/h2-6,14H,7-13H2,1H3,(H2,19,22)/t14-/m0/s1. The van der Waals surface area contributed by atoms with Gasteiger partial charge in [-0.1, -0.05) is 37.3 Å². The topological polar surface area (TPSA) is 75.9 Å². The first-order valence-corrected chi connectivity index (χ1v) is 8.51. The molecule has 1 aromatic carbocycles. The molecule has 3 rings (SSSR count). The van der Waals surface area contributed by atoms with Gasteiger partial charge >= 0.3 is 6.09 Å². The molecule has 130 valence electrons. The molecular formula is C18H25N3O3.